The SMILES string of the molecule is CCCC(NC(=N)N[N+](=O)[O-])c1ccccc1. The topological polar surface area (TPSA) is 91.1 Å². The van der Waals surface area contributed by atoms with E-state index in [9.17, 15) is 10.1 Å². The van der Waals surface area contributed by atoms with E-state index in [-0.39, 0.29) is 12.0 Å². The van der Waals surface area contributed by atoms with Gasteiger partial charge in [0.25, 0.3) is 5.96 Å². The van der Waals surface area contributed by atoms with Crippen LogP contribution in [0, 0.1) is 15.5 Å². The molecule has 0 aliphatic heterocycles. The second-order valence-electron chi connectivity index (χ2n) is 3.64. The fourth-order valence-electron chi connectivity index (χ4n) is 1.59. The lowest BCUT2D eigenvalue weighted by Gasteiger charge is -2.18. The van der Waals surface area contributed by atoms with Crippen molar-refractivity contribution in [2.45, 2.75) is 25.8 Å². The van der Waals surface area contributed by atoms with Gasteiger partial charge in [-0.05, 0) is 12.0 Å². The van der Waals surface area contributed by atoms with Crippen LogP contribution in [0.3, 0.4) is 0 Å². The quantitative estimate of drug-likeness (QED) is 0.315. The Hall–Kier alpha value is -2.11. The van der Waals surface area contributed by atoms with E-state index < -0.39 is 5.03 Å². The zero-order valence-electron chi connectivity index (χ0n) is 9.64. The minimum absolute atomic E-state index is 0.0823. The van der Waals surface area contributed by atoms with Crippen molar-refractivity contribution < 1.29 is 5.03 Å². The Morgan fingerprint density at radius 3 is 2.65 bits per heavy atom. The molecule has 1 aromatic carbocycles. The lowest BCUT2D eigenvalue weighted by molar-refractivity contribution is -0.525. The summed E-state index contributed by atoms with van der Waals surface area (Å²) in [7, 11) is 0. The van der Waals surface area contributed by atoms with E-state index in [1.165, 1.54) is 0 Å². The Bertz CT molecular complexity index is 380. The Morgan fingerprint density at radius 1 is 1.47 bits per heavy atom. The summed E-state index contributed by atoms with van der Waals surface area (Å²) in [6, 6.07) is 9.52. The van der Waals surface area contributed by atoms with Gasteiger partial charge in [-0.2, -0.15) is 0 Å². The predicted octanol–water partition coefficient (Wildman–Crippen LogP) is 1.83. The van der Waals surface area contributed by atoms with Gasteiger partial charge in [0, 0.05) is 0 Å². The molecule has 0 amide bonds. The van der Waals surface area contributed by atoms with Gasteiger partial charge in [-0.15, -0.1) is 0 Å². The predicted molar refractivity (Wildman–Crippen MR) is 65.1 cm³/mol. The monoisotopic (exact) mass is 236 g/mol. The average Bonchev–Trinajstić information content (AvgIpc) is 2.28. The number of rotatable bonds is 5. The van der Waals surface area contributed by atoms with Gasteiger partial charge in [0.15, 0.2) is 5.03 Å². The van der Waals surface area contributed by atoms with Crippen molar-refractivity contribution in [3.8, 4) is 0 Å². The largest absolute Gasteiger partial charge is 0.345 e. The van der Waals surface area contributed by atoms with Crippen LogP contribution < -0.4 is 10.7 Å². The van der Waals surface area contributed by atoms with E-state index >= 15 is 0 Å². The smallest absolute Gasteiger partial charge is 0.251 e. The molecule has 0 bridgehead atoms. The molecule has 0 saturated heterocycles. The van der Waals surface area contributed by atoms with Gasteiger partial charge >= 0.3 is 0 Å². The minimum atomic E-state index is -0.747. The highest BCUT2D eigenvalue weighted by atomic mass is 16.7. The summed E-state index contributed by atoms with van der Waals surface area (Å²) >= 11 is 0. The molecule has 6 heteroatoms. The van der Waals surface area contributed by atoms with Crippen LogP contribution >= 0.6 is 0 Å². The molecule has 1 unspecified atom stereocenters. The third-order valence-electron chi connectivity index (χ3n) is 2.30. The molecule has 0 saturated carbocycles. The van der Waals surface area contributed by atoms with Crippen LogP contribution in [0.5, 0.6) is 0 Å². The molecular formula is C11H16N4O2. The molecule has 1 rings (SSSR count). The maximum atomic E-state index is 10.2. The summed E-state index contributed by atoms with van der Waals surface area (Å²) in [5.74, 6) is -0.294. The first kappa shape index (κ1) is 13.0. The molecule has 0 aromatic heterocycles. The van der Waals surface area contributed by atoms with Crippen molar-refractivity contribution in [3.63, 3.8) is 0 Å². The molecule has 92 valence electrons. The average molecular weight is 236 g/mol. The van der Waals surface area contributed by atoms with Gasteiger partial charge in [-0.1, -0.05) is 49.1 Å². The van der Waals surface area contributed by atoms with Gasteiger partial charge in [-0.3, -0.25) is 5.41 Å². The number of nitrogens with zero attached hydrogens (tertiary/aromatic N) is 1. The third kappa shape index (κ3) is 4.50. The van der Waals surface area contributed by atoms with E-state index in [2.05, 4.69) is 5.32 Å². The molecular weight excluding hydrogens is 220 g/mol. The molecule has 0 aliphatic carbocycles. The number of guanidine groups is 1. The Balaban J connectivity index is 2.67. The number of hydrazine groups is 1. The van der Waals surface area contributed by atoms with Gasteiger partial charge in [0.1, 0.15) is 0 Å². The number of hydrogen-bond donors (Lipinski definition) is 3. The van der Waals surface area contributed by atoms with Gasteiger partial charge in [0.05, 0.1) is 6.04 Å². The van der Waals surface area contributed by atoms with Crippen molar-refractivity contribution in [2.24, 2.45) is 0 Å². The van der Waals surface area contributed by atoms with Crippen molar-refractivity contribution in [2.75, 3.05) is 0 Å². The molecule has 0 spiro atoms. The maximum Gasteiger partial charge on any atom is 0.251 e. The minimum Gasteiger partial charge on any atom is -0.345 e. The summed E-state index contributed by atoms with van der Waals surface area (Å²) in [6.45, 7) is 2.03. The lowest BCUT2D eigenvalue weighted by atomic mass is 10.0. The van der Waals surface area contributed by atoms with Crippen LogP contribution in [0.4, 0.5) is 0 Å². The normalized spacial score (nSPS) is 11.6. The summed E-state index contributed by atoms with van der Waals surface area (Å²) in [5, 5.41) is 19.7. The summed E-state index contributed by atoms with van der Waals surface area (Å²) in [6.07, 6.45) is 1.74. The number of nitro groups is 1. The standard InChI is InChI=1S/C11H16N4O2/c1-2-6-10(9-7-4-3-5-8-9)13-11(12)14-15(16)17/h3-5,7-8,10H,2,6H2,1H3,(H3,12,13,14). The molecule has 3 N–H and O–H groups in total. The molecule has 17 heavy (non-hydrogen) atoms. The van der Waals surface area contributed by atoms with E-state index in [1.807, 2.05) is 37.3 Å². The first-order chi connectivity index (χ1) is 8.13. The highest BCUT2D eigenvalue weighted by Gasteiger charge is 2.13. The maximum absolute atomic E-state index is 10.2. The first-order valence-electron chi connectivity index (χ1n) is 5.44. The fourth-order valence-corrected chi connectivity index (χ4v) is 1.59. The van der Waals surface area contributed by atoms with E-state index in [4.69, 9.17) is 5.41 Å². The van der Waals surface area contributed by atoms with Crippen LogP contribution in [0.25, 0.3) is 0 Å². The molecule has 6 nitrogen and oxygen atoms in total. The third-order valence-corrected chi connectivity index (χ3v) is 2.30. The summed E-state index contributed by atoms with van der Waals surface area (Å²) in [4.78, 5) is 10.2. The number of benzene rings is 1. The zero-order chi connectivity index (χ0) is 12.7. The Labute approximate surface area is 99.7 Å². The van der Waals surface area contributed by atoms with Crippen molar-refractivity contribution >= 4 is 5.96 Å². The number of hydrogen-bond acceptors (Lipinski definition) is 3. The van der Waals surface area contributed by atoms with Crippen molar-refractivity contribution in [1.82, 2.24) is 10.7 Å². The highest BCUT2D eigenvalue weighted by Crippen LogP contribution is 2.17. The lowest BCUT2D eigenvalue weighted by Crippen LogP contribution is -2.41. The van der Waals surface area contributed by atoms with E-state index in [1.54, 1.807) is 5.43 Å². The van der Waals surface area contributed by atoms with E-state index in [0.29, 0.717) is 0 Å². The Morgan fingerprint density at radius 2 is 2.12 bits per heavy atom. The van der Waals surface area contributed by atoms with Gasteiger partial charge < -0.3 is 5.32 Å². The second-order valence-corrected chi connectivity index (χ2v) is 3.64. The number of nitrogens with one attached hydrogen (secondary N) is 3. The molecule has 0 fully saturated rings. The van der Waals surface area contributed by atoms with Crippen molar-refractivity contribution in [1.29, 1.82) is 5.41 Å². The molecule has 0 heterocycles. The van der Waals surface area contributed by atoms with Crippen LogP contribution in [0.15, 0.2) is 30.3 Å². The van der Waals surface area contributed by atoms with Crippen LogP contribution in [-0.4, -0.2) is 11.0 Å². The summed E-state index contributed by atoms with van der Waals surface area (Å²) < 4.78 is 0. The molecule has 1 aromatic rings. The first-order valence-corrected chi connectivity index (χ1v) is 5.44. The van der Waals surface area contributed by atoms with Crippen LogP contribution in [0.1, 0.15) is 31.4 Å². The Kier molecular flexibility index (Phi) is 4.93. The molecule has 0 aliphatic rings. The van der Waals surface area contributed by atoms with Gasteiger partial charge in [0.2, 0.25) is 0 Å². The van der Waals surface area contributed by atoms with Crippen LogP contribution in [0.2, 0.25) is 0 Å². The molecule has 1 atom stereocenters. The van der Waals surface area contributed by atoms with E-state index in [0.717, 1.165) is 18.4 Å². The van der Waals surface area contributed by atoms with Gasteiger partial charge in [-0.25, -0.2) is 10.1 Å². The fraction of sp³-hybridized carbons (Fsp3) is 0.364. The van der Waals surface area contributed by atoms with Crippen LogP contribution in [-0.2, 0) is 0 Å². The van der Waals surface area contributed by atoms with Crippen molar-refractivity contribution in [3.05, 3.63) is 46.0 Å². The molecule has 0 radical (unpaired) electrons. The highest BCUT2D eigenvalue weighted by molar-refractivity contribution is 5.75. The second kappa shape index (κ2) is 6.47. The summed E-state index contributed by atoms with van der Waals surface area (Å²) in [5.41, 5.74) is 2.81. The zero-order valence-corrected chi connectivity index (χ0v) is 9.64.